The molecule has 5 rings (SSSR count). The van der Waals surface area contributed by atoms with Gasteiger partial charge in [0.05, 0.1) is 5.41 Å². The first-order valence-electron chi connectivity index (χ1n) is 12.6. The van der Waals surface area contributed by atoms with E-state index in [4.69, 9.17) is 11.6 Å². The van der Waals surface area contributed by atoms with Gasteiger partial charge in [0, 0.05) is 28.5 Å². The van der Waals surface area contributed by atoms with E-state index in [0.717, 1.165) is 67.9 Å². The van der Waals surface area contributed by atoms with Gasteiger partial charge in [-0.15, -0.1) is 0 Å². The first-order valence-corrected chi connectivity index (χ1v) is 13.8. The van der Waals surface area contributed by atoms with E-state index in [9.17, 15) is 4.79 Å². The van der Waals surface area contributed by atoms with Gasteiger partial charge in [0.1, 0.15) is 0 Å². The summed E-state index contributed by atoms with van der Waals surface area (Å²) in [6, 6.07) is 27.3. The third-order valence-corrected chi connectivity index (χ3v) is 8.65. The van der Waals surface area contributed by atoms with Gasteiger partial charge in [-0.2, -0.15) is 0 Å². The van der Waals surface area contributed by atoms with E-state index < -0.39 is 0 Å². The molecule has 0 bridgehead atoms. The SMILES string of the molecule is O=C1N(Cc2ccc(Br)cc2)CCC12CCN(CCC(c1ccccc1)c1cccc(Cl)c1)CC2. The van der Waals surface area contributed by atoms with Crippen LogP contribution in [0.4, 0.5) is 0 Å². The number of likely N-dealkylation sites (tertiary alicyclic amines) is 2. The van der Waals surface area contributed by atoms with E-state index in [0.29, 0.717) is 11.8 Å². The lowest BCUT2D eigenvalue weighted by Gasteiger charge is -2.38. The van der Waals surface area contributed by atoms with Gasteiger partial charge < -0.3 is 9.80 Å². The van der Waals surface area contributed by atoms with Gasteiger partial charge in [-0.05, 0) is 86.3 Å². The van der Waals surface area contributed by atoms with E-state index in [2.05, 4.69) is 92.5 Å². The fraction of sp³-hybridized carbons (Fsp3) is 0.367. The van der Waals surface area contributed by atoms with Crippen molar-refractivity contribution in [2.45, 2.75) is 38.1 Å². The number of carbonyl (C=O) groups excluding carboxylic acids is 1. The Hall–Kier alpha value is -2.14. The average Bonchev–Trinajstić information content (AvgIpc) is 3.17. The molecule has 3 aromatic rings. The number of halogens is 2. The minimum Gasteiger partial charge on any atom is -0.338 e. The molecule has 0 radical (unpaired) electrons. The summed E-state index contributed by atoms with van der Waals surface area (Å²) < 4.78 is 1.07. The highest BCUT2D eigenvalue weighted by Crippen LogP contribution is 2.42. The Morgan fingerprint density at radius 1 is 0.857 bits per heavy atom. The normalized spacial score (nSPS) is 18.8. The number of amides is 1. The van der Waals surface area contributed by atoms with Crippen LogP contribution in [-0.4, -0.2) is 41.9 Å². The summed E-state index contributed by atoms with van der Waals surface area (Å²) in [6.07, 6.45) is 3.97. The number of rotatable bonds is 7. The number of hydrogen-bond donors (Lipinski definition) is 0. The van der Waals surface area contributed by atoms with Crippen LogP contribution in [0.2, 0.25) is 5.02 Å². The van der Waals surface area contributed by atoms with E-state index in [1.165, 1.54) is 16.7 Å². The van der Waals surface area contributed by atoms with Crippen molar-refractivity contribution in [1.82, 2.24) is 9.80 Å². The molecule has 0 saturated carbocycles. The number of hydrogen-bond acceptors (Lipinski definition) is 2. The molecule has 2 aliphatic rings. The van der Waals surface area contributed by atoms with Crippen LogP contribution in [-0.2, 0) is 11.3 Å². The molecule has 5 heteroatoms. The molecule has 2 aliphatic heterocycles. The van der Waals surface area contributed by atoms with Crippen LogP contribution < -0.4 is 0 Å². The molecule has 2 fully saturated rings. The van der Waals surface area contributed by atoms with Crippen LogP contribution in [0.1, 0.15) is 48.3 Å². The van der Waals surface area contributed by atoms with Gasteiger partial charge in [-0.1, -0.05) is 82.1 Å². The van der Waals surface area contributed by atoms with Gasteiger partial charge in [0.2, 0.25) is 5.91 Å². The number of carbonyl (C=O) groups is 1. The Morgan fingerprint density at radius 3 is 2.26 bits per heavy atom. The summed E-state index contributed by atoms with van der Waals surface area (Å²) in [5.74, 6) is 0.682. The summed E-state index contributed by atoms with van der Waals surface area (Å²) in [4.78, 5) is 18.0. The van der Waals surface area contributed by atoms with Crippen LogP contribution in [0.25, 0.3) is 0 Å². The second-order valence-corrected chi connectivity index (χ2v) is 11.4. The highest BCUT2D eigenvalue weighted by atomic mass is 79.9. The molecule has 0 aliphatic carbocycles. The molecule has 1 unspecified atom stereocenters. The second-order valence-electron chi connectivity index (χ2n) is 10.0. The molecule has 0 N–H and O–H groups in total. The highest BCUT2D eigenvalue weighted by molar-refractivity contribution is 9.10. The molecule has 1 amide bonds. The Kier molecular flexibility index (Phi) is 7.62. The van der Waals surface area contributed by atoms with Gasteiger partial charge in [-0.3, -0.25) is 4.79 Å². The van der Waals surface area contributed by atoms with Crippen molar-refractivity contribution in [1.29, 1.82) is 0 Å². The van der Waals surface area contributed by atoms with E-state index in [1.54, 1.807) is 0 Å². The van der Waals surface area contributed by atoms with Crippen molar-refractivity contribution in [3.8, 4) is 0 Å². The van der Waals surface area contributed by atoms with Crippen LogP contribution in [0, 0.1) is 5.41 Å². The summed E-state index contributed by atoms with van der Waals surface area (Å²) in [5.41, 5.74) is 3.64. The standard InChI is InChI=1S/C30H32BrClN2O/c31-26-11-9-23(10-12-26)22-34-20-16-30(29(34)35)14-18-33(19-15-30)17-13-28(24-5-2-1-3-6-24)25-7-4-8-27(32)21-25/h1-12,21,28H,13-20,22H2. The Balaban J connectivity index is 1.19. The molecule has 2 heterocycles. The Bertz CT molecular complexity index is 1140. The zero-order valence-electron chi connectivity index (χ0n) is 20.0. The summed E-state index contributed by atoms with van der Waals surface area (Å²) in [5, 5.41) is 0.788. The lowest BCUT2D eigenvalue weighted by Crippen LogP contribution is -2.45. The van der Waals surface area contributed by atoms with E-state index in [-0.39, 0.29) is 5.41 Å². The molecular weight excluding hydrogens is 520 g/mol. The van der Waals surface area contributed by atoms with Crippen LogP contribution in [0.15, 0.2) is 83.3 Å². The monoisotopic (exact) mass is 550 g/mol. The van der Waals surface area contributed by atoms with Crippen molar-refractivity contribution < 1.29 is 4.79 Å². The minimum absolute atomic E-state index is 0.155. The first kappa shape index (κ1) is 24.5. The zero-order chi connectivity index (χ0) is 24.3. The third-order valence-electron chi connectivity index (χ3n) is 7.89. The van der Waals surface area contributed by atoms with Gasteiger partial charge in [-0.25, -0.2) is 0 Å². The largest absolute Gasteiger partial charge is 0.338 e. The summed E-state index contributed by atoms with van der Waals surface area (Å²) in [7, 11) is 0. The molecule has 3 aromatic carbocycles. The molecule has 1 spiro atoms. The van der Waals surface area contributed by atoms with Crippen LogP contribution in [0.5, 0.6) is 0 Å². The number of benzene rings is 3. The van der Waals surface area contributed by atoms with Crippen LogP contribution in [0.3, 0.4) is 0 Å². The lowest BCUT2D eigenvalue weighted by molar-refractivity contribution is -0.138. The van der Waals surface area contributed by atoms with Gasteiger partial charge in [0.15, 0.2) is 0 Å². The average molecular weight is 552 g/mol. The zero-order valence-corrected chi connectivity index (χ0v) is 22.3. The molecule has 3 nitrogen and oxygen atoms in total. The van der Waals surface area contributed by atoms with Crippen LogP contribution >= 0.6 is 27.5 Å². The molecule has 35 heavy (non-hydrogen) atoms. The third kappa shape index (κ3) is 5.66. The van der Waals surface area contributed by atoms with E-state index in [1.807, 2.05) is 12.1 Å². The maximum atomic E-state index is 13.4. The fourth-order valence-corrected chi connectivity index (χ4v) is 6.23. The molecule has 0 aromatic heterocycles. The molecule has 2 saturated heterocycles. The van der Waals surface area contributed by atoms with E-state index >= 15 is 0 Å². The maximum absolute atomic E-state index is 13.4. The van der Waals surface area contributed by atoms with Crippen molar-refractivity contribution in [2.75, 3.05) is 26.2 Å². The summed E-state index contributed by atoms with van der Waals surface area (Å²) in [6.45, 7) is 4.61. The lowest BCUT2D eigenvalue weighted by atomic mass is 9.77. The topological polar surface area (TPSA) is 23.6 Å². The Morgan fingerprint density at radius 2 is 1.54 bits per heavy atom. The van der Waals surface area contributed by atoms with Crippen molar-refractivity contribution in [2.24, 2.45) is 5.41 Å². The fourth-order valence-electron chi connectivity index (χ4n) is 5.77. The summed E-state index contributed by atoms with van der Waals surface area (Å²) >= 11 is 9.82. The van der Waals surface area contributed by atoms with Crippen molar-refractivity contribution in [3.63, 3.8) is 0 Å². The highest BCUT2D eigenvalue weighted by Gasteiger charge is 2.47. The number of nitrogens with zero attached hydrogens (tertiary/aromatic N) is 2. The predicted octanol–water partition coefficient (Wildman–Crippen LogP) is 7.14. The minimum atomic E-state index is -0.155. The molecule has 1 atom stereocenters. The predicted molar refractivity (Wildman–Crippen MR) is 147 cm³/mol. The maximum Gasteiger partial charge on any atom is 0.229 e. The Labute approximate surface area is 222 Å². The van der Waals surface area contributed by atoms with Gasteiger partial charge in [0.25, 0.3) is 0 Å². The second kappa shape index (κ2) is 10.9. The quantitative estimate of drug-likeness (QED) is 0.312. The van der Waals surface area contributed by atoms with Gasteiger partial charge >= 0.3 is 0 Å². The smallest absolute Gasteiger partial charge is 0.229 e. The van der Waals surface area contributed by atoms with Crippen molar-refractivity contribution in [3.05, 3.63) is 105 Å². The van der Waals surface area contributed by atoms with Crippen molar-refractivity contribution >= 4 is 33.4 Å². The first-order chi connectivity index (χ1) is 17.0. The number of piperidine rings is 1. The molecular formula is C30H32BrClN2O. The molecule has 182 valence electrons.